The molecule has 1 aliphatic rings. The van der Waals surface area contributed by atoms with Gasteiger partial charge in [0.2, 0.25) is 10.0 Å². The Morgan fingerprint density at radius 3 is 2.50 bits per heavy atom. The molecule has 1 saturated heterocycles. The molecule has 0 spiro atoms. The van der Waals surface area contributed by atoms with E-state index >= 15 is 0 Å². The van der Waals surface area contributed by atoms with Gasteiger partial charge in [-0.2, -0.15) is 4.31 Å². The van der Waals surface area contributed by atoms with Gasteiger partial charge in [0, 0.05) is 24.7 Å². The number of amides is 2. The van der Waals surface area contributed by atoms with Gasteiger partial charge in [0.05, 0.1) is 18.1 Å². The van der Waals surface area contributed by atoms with Crippen LogP contribution in [0.3, 0.4) is 0 Å². The Morgan fingerprint density at radius 1 is 1.03 bits per heavy atom. The standard InChI is InChI=1S/C21H23N3O5S/c1-16-5-2-3-6-17(16)9-10-20(25)22-23-21(26)18-7-4-8-19(15-18)30(27,28)24-11-13-29-14-12-24/h2-10,15H,11-14H2,1H3,(H,22,25)(H,23,26)/b10-9+. The highest BCUT2D eigenvalue weighted by Gasteiger charge is 2.26. The Bertz CT molecular complexity index is 1060. The average molecular weight is 429 g/mol. The Labute approximate surface area is 175 Å². The third-order valence-electron chi connectivity index (χ3n) is 4.61. The lowest BCUT2D eigenvalue weighted by Crippen LogP contribution is -2.41. The van der Waals surface area contributed by atoms with Crippen LogP contribution in [0.1, 0.15) is 21.5 Å². The fourth-order valence-electron chi connectivity index (χ4n) is 2.91. The van der Waals surface area contributed by atoms with E-state index in [2.05, 4.69) is 10.9 Å². The maximum atomic E-state index is 12.7. The van der Waals surface area contributed by atoms with Crippen LogP contribution < -0.4 is 10.9 Å². The minimum absolute atomic E-state index is 0.0165. The SMILES string of the molecule is Cc1ccccc1/C=C/C(=O)NNC(=O)c1cccc(S(=O)(=O)N2CCOCC2)c1. The molecule has 2 aromatic carbocycles. The summed E-state index contributed by atoms with van der Waals surface area (Å²) >= 11 is 0. The van der Waals surface area contributed by atoms with Gasteiger partial charge in [-0.15, -0.1) is 0 Å². The number of nitrogens with zero attached hydrogens (tertiary/aromatic N) is 1. The predicted octanol–water partition coefficient (Wildman–Crippen LogP) is 1.49. The molecule has 2 amide bonds. The summed E-state index contributed by atoms with van der Waals surface area (Å²) in [5.74, 6) is -1.13. The Balaban J connectivity index is 1.62. The van der Waals surface area contributed by atoms with Crippen LogP contribution in [0.2, 0.25) is 0 Å². The molecular formula is C21H23N3O5S. The first kappa shape index (κ1) is 21.7. The Kier molecular flexibility index (Phi) is 6.99. The summed E-state index contributed by atoms with van der Waals surface area (Å²) in [6, 6.07) is 13.3. The molecule has 30 heavy (non-hydrogen) atoms. The quantitative estimate of drug-likeness (QED) is 0.554. The van der Waals surface area contributed by atoms with Crippen LogP contribution in [0, 0.1) is 6.92 Å². The highest BCUT2D eigenvalue weighted by atomic mass is 32.2. The lowest BCUT2D eigenvalue weighted by atomic mass is 10.1. The van der Waals surface area contributed by atoms with E-state index in [1.807, 2.05) is 31.2 Å². The van der Waals surface area contributed by atoms with Crippen molar-refractivity contribution in [3.8, 4) is 0 Å². The fourth-order valence-corrected chi connectivity index (χ4v) is 4.36. The molecule has 2 N–H and O–H groups in total. The molecule has 9 heteroatoms. The van der Waals surface area contributed by atoms with Crippen molar-refractivity contribution in [1.82, 2.24) is 15.2 Å². The normalized spacial score (nSPS) is 15.1. The Morgan fingerprint density at radius 2 is 1.77 bits per heavy atom. The van der Waals surface area contributed by atoms with E-state index < -0.39 is 21.8 Å². The fraction of sp³-hybridized carbons (Fsp3) is 0.238. The zero-order valence-corrected chi connectivity index (χ0v) is 17.3. The number of ether oxygens (including phenoxy) is 1. The molecule has 1 aliphatic heterocycles. The molecule has 0 saturated carbocycles. The number of hydrogen-bond acceptors (Lipinski definition) is 5. The Hall–Kier alpha value is -3.01. The second-order valence-corrected chi connectivity index (χ2v) is 8.62. The van der Waals surface area contributed by atoms with E-state index in [4.69, 9.17) is 4.74 Å². The maximum Gasteiger partial charge on any atom is 0.269 e. The molecule has 0 bridgehead atoms. The van der Waals surface area contributed by atoms with Gasteiger partial charge in [0.15, 0.2) is 0 Å². The molecular weight excluding hydrogens is 406 g/mol. The largest absolute Gasteiger partial charge is 0.379 e. The highest BCUT2D eigenvalue weighted by Crippen LogP contribution is 2.18. The van der Waals surface area contributed by atoms with Crippen molar-refractivity contribution in [3.05, 3.63) is 71.3 Å². The zero-order valence-electron chi connectivity index (χ0n) is 16.5. The first-order chi connectivity index (χ1) is 14.4. The number of rotatable bonds is 5. The van der Waals surface area contributed by atoms with Gasteiger partial charge in [-0.25, -0.2) is 8.42 Å². The molecule has 158 valence electrons. The van der Waals surface area contributed by atoms with Gasteiger partial charge in [-0.3, -0.25) is 20.4 Å². The van der Waals surface area contributed by atoms with Crippen LogP contribution in [-0.2, 0) is 19.6 Å². The number of carbonyl (C=O) groups is 2. The summed E-state index contributed by atoms with van der Waals surface area (Å²) < 4.78 is 32.0. The molecule has 0 radical (unpaired) electrons. The molecule has 1 fully saturated rings. The summed E-state index contributed by atoms with van der Waals surface area (Å²) in [7, 11) is -3.72. The van der Waals surface area contributed by atoms with E-state index in [9.17, 15) is 18.0 Å². The number of hydrogen-bond donors (Lipinski definition) is 2. The lowest BCUT2D eigenvalue weighted by molar-refractivity contribution is -0.117. The number of aryl methyl sites for hydroxylation is 1. The number of benzene rings is 2. The highest BCUT2D eigenvalue weighted by molar-refractivity contribution is 7.89. The third kappa shape index (κ3) is 5.32. The average Bonchev–Trinajstić information content (AvgIpc) is 2.77. The van der Waals surface area contributed by atoms with Gasteiger partial charge in [0.1, 0.15) is 0 Å². The third-order valence-corrected chi connectivity index (χ3v) is 6.50. The van der Waals surface area contributed by atoms with Crippen molar-refractivity contribution in [2.24, 2.45) is 0 Å². The minimum atomic E-state index is -3.72. The smallest absolute Gasteiger partial charge is 0.269 e. The lowest BCUT2D eigenvalue weighted by Gasteiger charge is -2.26. The van der Waals surface area contributed by atoms with E-state index in [-0.39, 0.29) is 23.5 Å². The molecule has 2 aromatic rings. The minimum Gasteiger partial charge on any atom is -0.379 e. The maximum absolute atomic E-state index is 12.7. The van der Waals surface area contributed by atoms with Crippen molar-refractivity contribution >= 4 is 27.9 Å². The second kappa shape index (κ2) is 9.66. The second-order valence-electron chi connectivity index (χ2n) is 6.68. The molecule has 0 aromatic heterocycles. The van der Waals surface area contributed by atoms with Crippen LogP contribution in [0.15, 0.2) is 59.5 Å². The molecule has 8 nitrogen and oxygen atoms in total. The van der Waals surface area contributed by atoms with E-state index in [0.717, 1.165) is 11.1 Å². The van der Waals surface area contributed by atoms with Gasteiger partial charge < -0.3 is 4.74 Å². The van der Waals surface area contributed by atoms with Crippen molar-refractivity contribution < 1.29 is 22.7 Å². The number of morpholine rings is 1. The zero-order chi connectivity index (χ0) is 21.6. The van der Waals surface area contributed by atoms with Crippen molar-refractivity contribution in [3.63, 3.8) is 0 Å². The summed E-state index contributed by atoms with van der Waals surface area (Å²) in [5.41, 5.74) is 6.60. The predicted molar refractivity (Wildman–Crippen MR) is 112 cm³/mol. The van der Waals surface area contributed by atoms with E-state index in [1.54, 1.807) is 6.08 Å². The molecule has 0 unspecified atom stereocenters. The molecule has 3 rings (SSSR count). The van der Waals surface area contributed by atoms with Crippen molar-refractivity contribution in [1.29, 1.82) is 0 Å². The topological polar surface area (TPSA) is 105 Å². The van der Waals surface area contributed by atoms with Crippen molar-refractivity contribution in [2.45, 2.75) is 11.8 Å². The van der Waals surface area contributed by atoms with Crippen LogP contribution in [0.4, 0.5) is 0 Å². The summed E-state index contributed by atoms with van der Waals surface area (Å²) in [5, 5.41) is 0. The van der Waals surface area contributed by atoms with Crippen LogP contribution in [-0.4, -0.2) is 50.8 Å². The van der Waals surface area contributed by atoms with Gasteiger partial charge >= 0.3 is 0 Å². The summed E-state index contributed by atoms with van der Waals surface area (Å²) in [6.45, 7) is 3.13. The van der Waals surface area contributed by atoms with E-state index in [0.29, 0.717) is 13.2 Å². The number of sulfonamides is 1. The summed E-state index contributed by atoms with van der Waals surface area (Å²) in [6.07, 6.45) is 2.95. The summed E-state index contributed by atoms with van der Waals surface area (Å²) in [4.78, 5) is 24.3. The molecule has 0 aliphatic carbocycles. The molecule has 0 atom stereocenters. The van der Waals surface area contributed by atoms with Gasteiger partial charge in [0.25, 0.3) is 11.8 Å². The van der Waals surface area contributed by atoms with Crippen LogP contribution in [0.5, 0.6) is 0 Å². The number of hydrazine groups is 1. The van der Waals surface area contributed by atoms with Crippen LogP contribution in [0.25, 0.3) is 6.08 Å². The molecule has 1 heterocycles. The number of nitrogens with one attached hydrogen (secondary N) is 2. The van der Waals surface area contributed by atoms with Crippen molar-refractivity contribution in [2.75, 3.05) is 26.3 Å². The number of carbonyl (C=O) groups excluding carboxylic acids is 2. The van der Waals surface area contributed by atoms with Crippen LogP contribution >= 0.6 is 0 Å². The van der Waals surface area contributed by atoms with Gasteiger partial charge in [-0.05, 0) is 42.3 Å². The first-order valence-electron chi connectivity index (χ1n) is 9.40. The monoisotopic (exact) mass is 429 g/mol. The van der Waals surface area contributed by atoms with E-state index in [1.165, 1.54) is 34.6 Å². The van der Waals surface area contributed by atoms with Gasteiger partial charge in [-0.1, -0.05) is 30.3 Å². The first-order valence-corrected chi connectivity index (χ1v) is 10.8.